The first-order valence-electron chi connectivity index (χ1n) is 5.95. The third-order valence-corrected chi connectivity index (χ3v) is 3.04. The molecule has 1 saturated heterocycles. The van der Waals surface area contributed by atoms with Gasteiger partial charge in [-0.3, -0.25) is 9.59 Å². The highest BCUT2D eigenvalue weighted by molar-refractivity contribution is 5.98. The van der Waals surface area contributed by atoms with Crippen LogP contribution in [-0.4, -0.2) is 46.9 Å². The molecule has 1 aromatic rings. The van der Waals surface area contributed by atoms with E-state index in [1.54, 1.807) is 6.92 Å². The van der Waals surface area contributed by atoms with E-state index in [1.807, 2.05) is 0 Å². The third-order valence-electron chi connectivity index (χ3n) is 3.04. The number of aromatic carboxylic acids is 1. The smallest absolute Gasteiger partial charge is 0.338 e. The van der Waals surface area contributed by atoms with Gasteiger partial charge in [0.05, 0.1) is 5.56 Å². The van der Waals surface area contributed by atoms with E-state index in [0.717, 1.165) is 6.26 Å². The first-order chi connectivity index (χ1) is 9.04. The van der Waals surface area contributed by atoms with E-state index in [4.69, 9.17) is 9.52 Å². The van der Waals surface area contributed by atoms with Crippen molar-refractivity contribution in [1.29, 1.82) is 0 Å². The summed E-state index contributed by atoms with van der Waals surface area (Å²) < 4.78 is 4.97. The number of hydrogen-bond donors (Lipinski definition) is 2. The fraction of sp³-hybridized carbons (Fsp3) is 0.417. The molecule has 1 unspecified atom stereocenters. The standard InChI is InChI=1S/C12H14N2O5/c1-2-8-10(15)13-3-4-14(8)11(16)9-5-7(6-19-9)12(17)18/h5-6,8H,2-4H2,1H3,(H,13,15)(H,17,18). The summed E-state index contributed by atoms with van der Waals surface area (Å²) in [7, 11) is 0. The molecule has 0 saturated carbocycles. The van der Waals surface area contributed by atoms with Crippen molar-refractivity contribution in [2.24, 2.45) is 0 Å². The number of piperazine rings is 1. The van der Waals surface area contributed by atoms with Gasteiger partial charge >= 0.3 is 5.97 Å². The summed E-state index contributed by atoms with van der Waals surface area (Å²) in [5.74, 6) is -1.89. The molecule has 2 rings (SSSR count). The Labute approximate surface area is 109 Å². The Kier molecular flexibility index (Phi) is 3.55. The lowest BCUT2D eigenvalue weighted by molar-refractivity contribution is -0.127. The second-order valence-electron chi connectivity index (χ2n) is 4.22. The summed E-state index contributed by atoms with van der Waals surface area (Å²) in [4.78, 5) is 36.0. The van der Waals surface area contributed by atoms with E-state index in [0.29, 0.717) is 19.5 Å². The van der Waals surface area contributed by atoms with Crippen molar-refractivity contribution in [3.8, 4) is 0 Å². The molecule has 1 aliphatic rings. The van der Waals surface area contributed by atoms with Crippen LogP contribution in [0.25, 0.3) is 0 Å². The van der Waals surface area contributed by atoms with Crippen LogP contribution in [0, 0.1) is 0 Å². The minimum absolute atomic E-state index is 0.0643. The average molecular weight is 266 g/mol. The van der Waals surface area contributed by atoms with Gasteiger partial charge < -0.3 is 19.7 Å². The molecule has 1 aliphatic heterocycles. The molecule has 2 heterocycles. The Bertz CT molecular complexity index is 522. The maximum atomic E-state index is 12.2. The molecule has 7 heteroatoms. The van der Waals surface area contributed by atoms with Crippen LogP contribution in [0.4, 0.5) is 0 Å². The number of rotatable bonds is 3. The van der Waals surface area contributed by atoms with Crippen molar-refractivity contribution in [3.63, 3.8) is 0 Å². The van der Waals surface area contributed by atoms with Crippen LogP contribution in [0.15, 0.2) is 16.7 Å². The number of nitrogens with one attached hydrogen (secondary N) is 1. The van der Waals surface area contributed by atoms with Crippen LogP contribution in [0.5, 0.6) is 0 Å². The van der Waals surface area contributed by atoms with Gasteiger partial charge in [0.25, 0.3) is 5.91 Å². The lowest BCUT2D eigenvalue weighted by atomic mass is 10.1. The molecule has 1 aromatic heterocycles. The molecule has 1 fully saturated rings. The van der Waals surface area contributed by atoms with Crippen molar-refractivity contribution in [2.45, 2.75) is 19.4 Å². The number of amides is 2. The molecule has 7 nitrogen and oxygen atoms in total. The predicted molar refractivity (Wildman–Crippen MR) is 63.8 cm³/mol. The molecule has 19 heavy (non-hydrogen) atoms. The van der Waals surface area contributed by atoms with Gasteiger partial charge in [0, 0.05) is 19.2 Å². The number of carboxylic acid groups (broad SMARTS) is 1. The maximum Gasteiger partial charge on any atom is 0.338 e. The Balaban J connectivity index is 2.21. The van der Waals surface area contributed by atoms with E-state index in [-0.39, 0.29) is 17.2 Å². The number of carbonyl (C=O) groups is 3. The largest absolute Gasteiger partial charge is 0.478 e. The number of nitrogens with zero attached hydrogens (tertiary/aromatic N) is 1. The minimum atomic E-state index is -1.16. The molecule has 0 aliphatic carbocycles. The summed E-state index contributed by atoms with van der Waals surface area (Å²) in [5.41, 5.74) is -0.0853. The minimum Gasteiger partial charge on any atom is -0.478 e. The van der Waals surface area contributed by atoms with Gasteiger partial charge in [-0.15, -0.1) is 0 Å². The van der Waals surface area contributed by atoms with E-state index in [1.165, 1.54) is 11.0 Å². The Morgan fingerprint density at radius 2 is 2.32 bits per heavy atom. The van der Waals surface area contributed by atoms with Gasteiger partial charge in [-0.25, -0.2) is 4.79 Å². The van der Waals surface area contributed by atoms with Crippen LogP contribution < -0.4 is 5.32 Å². The van der Waals surface area contributed by atoms with E-state index >= 15 is 0 Å². The van der Waals surface area contributed by atoms with Crippen molar-refractivity contribution in [1.82, 2.24) is 10.2 Å². The molecule has 0 spiro atoms. The Morgan fingerprint density at radius 1 is 1.58 bits per heavy atom. The van der Waals surface area contributed by atoms with Crippen molar-refractivity contribution in [3.05, 3.63) is 23.7 Å². The zero-order valence-corrected chi connectivity index (χ0v) is 10.4. The number of hydrogen-bond acceptors (Lipinski definition) is 4. The van der Waals surface area contributed by atoms with Gasteiger partial charge in [0.15, 0.2) is 5.76 Å². The van der Waals surface area contributed by atoms with E-state index in [2.05, 4.69) is 5.32 Å². The highest BCUT2D eigenvalue weighted by Crippen LogP contribution is 2.16. The Hall–Kier alpha value is -2.31. The molecule has 1 atom stereocenters. The monoisotopic (exact) mass is 266 g/mol. The van der Waals surface area contributed by atoms with E-state index < -0.39 is 17.9 Å². The summed E-state index contributed by atoms with van der Waals surface area (Å²) in [6.07, 6.45) is 1.50. The Morgan fingerprint density at radius 3 is 2.89 bits per heavy atom. The molecule has 0 bridgehead atoms. The quantitative estimate of drug-likeness (QED) is 0.821. The van der Waals surface area contributed by atoms with Crippen LogP contribution in [0.3, 0.4) is 0 Å². The average Bonchev–Trinajstić information content (AvgIpc) is 2.87. The van der Waals surface area contributed by atoms with Crippen molar-refractivity contribution >= 4 is 17.8 Å². The van der Waals surface area contributed by atoms with Crippen LogP contribution in [-0.2, 0) is 4.79 Å². The second-order valence-corrected chi connectivity index (χ2v) is 4.22. The van der Waals surface area contributed by atoms with Gasteiger partial charge in [-0.2, -0.15) is 0 Å². The van der Waals surface area contributed by atoms with Crippen molar-refractivity contribution < 1.29 is 23.9 Å². The zero-order valence-electron chi connectivity index (χ0n) is 10.4. The third kappa shape index (κ3) is 2.44. The number of carbonyl (C=O) groups excluding carboxylic acids is 2. The fourth-order valence-electron chi connectivity index (χ4n) is 2.07. The summed E-state index contributed by atoms with van der Waals surface area (Å²) in [5, 5.41) is 11.5. The van der Waals surface area contributed by atoms with E-state index in [9.17, 15) is 14.4 Å². The number of furan rings is 1. The first kappa shape index (κ1) is 13.1. The number of carboxylic acids is 1. The van der Waals surface area contributed by atoms with Gasteiger partial charge in [0.1, 0.15) is 12.3 Å². The van der Waals surface area contributed by atoms with Crippen molar-refractivity contribution in [2.75, 3.05) is 13.1 Å². The van der Waals surface area contributed by atoms with Gasteiger partial charge in [-0.05, 0) is 6.42 Å². The predicted octanol–water partition coefficient (Wildman–Crippen LogP) is 0.328. The lowest BCUT2D eigenvalue weighted by Gasteiger charge is -2.33. The van der Waals surface area contributed by atoms with Gasteiger partial charge in [-0.1, -0.05) is 6.92 Å². The SMILES string of the molecule is CCC1C(=O)NCCN1C(=O)c1cc(C(=O)O)co1. The molecule has 0 radical (unpaired) electrons. The van der Waals surface area contributed by atoms with Crippen LogP contribution in [0.1, 0.15) is 34.3 Å². The molecule has 2 amide bonds. The van der Waals surface area contributed by atoms with Gasteiger partial charge in [0.2, 0.25) is 5.91 Å². The first-order valence-corrected chi connectivity index (χ1v) is 5.95. The molecular formula is C12H14N2O5. The molecule has 2 N–H and O–H groups in total. The molecular weight excluding hydrogens is 252 g/mol. The second kappa shape index (κ2) is 5.13. The topological polar surface area (TPSA) is 99.9 Å². The summed E-state index contributed by atoms with van der Waals surface area (Å²) >= 11 is 0. The normalized spacial score (nSPS) is 19.1. The highest BCUT2D eigenvalue weighted by Gasteiger charge is 2.33. The molecule has 102 valence electrons. The summed E-state index contributed by atoms with van der Waals surface area (Å²) in [6, 6.07) is 0.629. The maximum absolute atomic E-state index is 12.2. The zero-order chi connectivity index (χ0) is 14.0. The summed E-state index contributed by atoms with van der Waals surface area (Å²) in [6.45, 7) is 2.57. The highest BCUT2D eigenvalue weighted by atomic mass is 16.4. The lowest BCUT2D eigenvalue weighted by Crippen LogP contribution is -2.56. The molecule has 0 aromatic carbocycles. The van der Waals surface area contributed by atoms with Crippen LogP contribution in [0.2, 0.25) is 0 Å². The van der Waals surface area contributed by atoms with Crippen LogP contribution >= 0.6 is 0 Å². The fourth-order valence-corrected chi connectivity index (χ4v) is 2.07.